The largest absolute Gasteiger partial charge is 0.497 e. The molecule has 0 bridgehead atoms. The molecule has 160 valence electrons. The number of benzene rings is 2. The number of nitrogen functional groups attached to an aromatic ring is 1. The number of ether oxygens (including phenoxy) is 1. The molecule has 1 atom stereocenters. The molecule has 2 heterocycles. The zero-order chi connectivity index (χ0) is 22.3. The predicted molar refractivity (Wildman–Crippen MR) is 108 cm³/mol. The van der Waals surface area contributed by atoms with Crippen LogP contribution in [0.2, 0.25) is 0 Å². The highest BCUT2D eigenvalue weighted by Gasteiger charge is 2.45. The first-order chi connectivity index (χ1) is 14.7. The number of amides is 1. The van der Waals surface area contributed by atoms with Crippen LogP contribution >= 0.6 is 0 Å². The number of methoxy groups -OCH3 is 1. The van der Waals surface area contributed by atoms with Crippen molar-refractivity contribution in [1.82, 2.24) is 10.2 Å². The summed E-state index contributed by atoms with van der Waals surface area (Å²) in [6.45, 7) is -0.0137. The predicted octanol–water partition coefficient (Wildman–Crippen LogP) is 3.51. The number of carbonyl (C=O) groups is 1. The number of fused-ring (bicyclic) bond motifs is 1. The lowest BCUT2D eigenvalue weighted by atomic mass is 9.85. The first-order valence-corrected chi connectivity index (χ1v) is 9.26. The Morgan fingerprint density at radius 3 is 2.39 bits per heavy atom. The Morgan fingerprint density at radius 1 is 1.19 bits per heavy atom. The molecule has 7 nitrogen and oxygen atoms in total. The van der Waals surface area contributed by atoms with Crippen LogP contribution in [-0.2, 0) is 6.18 Å². The number of amidine groups is 1. The molecule has 2 aromatic carbocycles. The van der Waals surface area contributed by atoms with Gasteiger partial charge >= 0.3 is 6.18 Å². The fourth-order valence-electron chi connectivity index (χ4n) is 3.71. The summed E-state index contributed by atoms with van der Waals surface area (Å²) in [4.78, 5) is 14.4. The van der Waals surface area contributed by atoms with E-state index in [2.05, 4.69) is 10.2 Å². The first kappa shape index (κ1) is 20.5. The van der Waals surface area contributed by atoms with Crippen molar-refractivity contribution in [2.75, 3.05) is 18.6 Å². The number of aromatic nitrogens is 2. The van der Waals surface area contributed by atoms with Gasteiger partial charge in [-0.05, 0) is 42.0 Å². The number of aromatic amines is 1. The minimum absolute atomic E-state index is 0.0137. The van der Waals surface area contributed by atoms with Gasteiger partial charge in [0.1, 0.15) is 17.3 Å². The Balaban J connectivity index is 1.82. The summed E-state index contributed by atoms with van der Waals surface area (Å²) in [5, 5.41) is 13.2. The number of nitrogens with one attached hydrogen (secondary N) is 2. The van der Waals surface area contributed by atoms with Crippen LogP contribution in [0.3, 0.4) is 0 Å². The van der Waals surface area contributed by atoms with Crippen LogP contribution < -0.4 is 15.4 Å². The lowest BCUT2D eigenvalue weighted by Gasteiger charge is -2.33. The van der Waals surface area contributed by atoms with Gasteiger partial charge in [-0.15, -0.1) is 0 Å². The molecule has 3 aromatic rings. The number of nitrogens with zero attached hydrogens (tertiary/aromatic N) is 2. The summed E-state index contributed by atoms with van der Waals surface area (Å²) >= 11 is 0. The van der Waals surface area contributed by atoms with E-state index in [9.17, 15) is 18.0 Å². The molecule has 0 spiro atoms. The molecule has 1 aromatic heterocycles. The fraction of sp³-hybridized carbons (Fsp3) is 0.190. The number of halogens is 3. The molecule has 0 fully saturated rings. The van der Waals surface area contributed by atoms with Gasteiger partial charge in [-0.3, -0.25) is 15.3 Å². The van der Waals surface area contributed by atoms with Gasteiger partial charge in [0.05, 0.1) is 7.11 Å². The third-order valence-electron chi connectivity index (χ3n) is 5.25. The number of hydrogen-bond acceptors (Lipinski definition) is 4. The van der Waals surface area contributed by atoms with Gasteiger partial charge in [-0.1, -0.05) is 12.1 Å². The fourth-order valence-corrected chi connectivity index (χ4v) is 3.71. The van der Waals surface area contributed by atoms with Crippen molar-refractivity contribution in [2.45, 2.75) is 12.1 Å². The minimum Gasteiger partial charge on any atom is -0.497 e. The summed E-state index contributed by atoms with van der Waals surface area (Å²) in [5.41, 5.74) is 5.55. The zero-order valence-electron chi connectivity index (χ0n) is 16.3. The van der Waals surface area contributed by atoms with Crippen LogP contribution in [0, 0.1) is 5.41 Å². The van der Waals surface area contributed by atoms with Crippen molar-refractivity contribution in [3.05, 3.63) is 76.6 Å². The van der Waals surface area contributed by atoms with Crippen molar-refractivity contribution >= 4 is 17.4 Å². The summed E-state index contributed by atoms with van der Waals surface area (Å²) < 4.78 is 46.0. The van der Waals surface area contributed by atoms with Gasteiger partial charge in [0.15, 0.2) is 5.69 Å². The number of anilines is 1. The SMILES string of the molecule is COc1ccc(C2CN(c3ccc(C(=N)N)cc3)C(=O)c3[nH]nc(C(F)(F)F)c32)cc1. The van der Waals surface area contributed by atoms with E-state index in [1.165, 1.54) is 12.0 Å². The Hall–Kier alpha value is -3.82. The molecule has 1 aliphatic heterocycles. The summed E-state index contributed by atoms with van der Waals surface area (Å²) in [6.07, 6.45) is -4.71. The van der Waals surface area contributed by atoms with Crippen molar-refractivity contribution in [2.24, 2.45) is 5.73 Å². The van der Waals surface area contributed by atoms with Crippen LogP contribution in [0.1, 0.15) is 38.8 Å². The average Bonchev–Trinajstić information content (AvgIpc) is 3.21. The maximum absolute atomic E-state index is 13.6. The van der Waals surface area contributed by atoms with E-state index in [1.54, 1.807) is 48.5 Å². The van der Waals surface area contributed by atoms with Gasteiger partial charge in [0, 0.05) is 29.3 Å². The second kappa shape index (κ2) is 7.46. The van der Waals surface area contributed by atoms with E-state index in [0.717, 1.165) is 0 Å². The van der Waals surface area contributed by atoms with Gasteiger partial charge < -0.3 is 15.4 Å². The van der Waals surface area contributed by atoms with Crippen LogP contribution in [-0.4, -0.2) is 35.6 Å². The second-order valence-corrected chi connectivity index (χ2v) is 7.06. The van der Waals surface area contributed by atoms with Crippen LogP contribution in [0.25, 0.3) is 0 Å². The van der Waals surface area contributed by atoms with Crippen LogP contribution in [0.4, 0.5) is 18.9 Å². The maximum Gasteiger partial charge on any atom is 0.435 e. The minimum atomic E-state index is -4.71. The molecular formula is C21H18F3N5O2. The smallest absolute Gasteiger partial charge is 0.435 e. The second-order valence-electron chi connectivity index (χ2n) is 7.06. The van der Waals surface area contributed by atoms with E-state index in [-0.39, 0.29) is 23.6 Å². The van der Waals surface area contributed by atoms with E-state index in [0.29, 0.717) is 22.6 Å². The molecule has 0 radical (unpaired) electrons. The van der Waals surface area contributed by atoms with Crippen molar-refractivity contribution in [3.63, 3.8) is 0 Å². The molecular weight excluding hydrogens is 411 g/mol. The number of hydrogen-bond donors (Lipinski definition) is 3. The number of carbonyl (C=O) groups excluding carboxylic acids is 1. The highest BCUT2D eigenvalue weighted by atomic mass is 19.4. The average molecular weight is 429 g/mol. The van der Waals surface area contributed by atoms with Crippen molar-refractivity contribution in [1.29, 1.82) is 5.41 Å². The first-order valence-electron chi connectivity index (χ1n) is 9.26. The highest BCUT2D eigenvalue weighted by molar-refractivity contribution is 6.08. The van der Waals surface area contributed by atoms with Gasteiger partial charge in [0.2, 0.25) is 0 Å². The lowest BCUT2D eigenvalue weighted by Crippen LogP contribution is -2.41. The normalized spacial score (nSPS) is 16.2. The quantitative estimate of drug-likeness (QED) is 0.436. The third-order valence-corrected chi connectivity index (χ3v) is 5.25. The molecule has 0 saturated heterocycles. The highest BCUT2D eigenvalue weighted by Crippen LogP contribution is 2.42. The van der Waals surface area contributed by atoms with Crippen LogP contribution in [0.15, 0.2) is 48.5 Å². The molecule has 10 heteroatoms. The maximum atomic E-state index is 13.6. The Kier molecular flexibility index (Phi) is 4.92. The number of H-pyrrole nitrogens is 1. The standard InChI is InChI=1S/C21H18F3N5O2/c1-31-14-8-4-11(5-9-14)15-10-29(13-6-2-12(3-7-13)19(25)26)20(30)17-16(15)18(28-27-17)21(22,23)24/h2-9,15H,10H2,1H3,(H3,25,26)(H,27,28). The van der Waals surface area contributed by atoms with E-state index in [4.69, 9.17) is 15.9 Å². The topological polar surface area (TPSA) is 108 Å². The van der Waals surface area contributed by atoms with Crippen molar-refractivity contribution in [3.8, 4) is 5.75 Å². The molecule has 1 amide bonds. The molecule has 0 saturated carbocycles. The van der Waals surface area contributed by atoms with E-state index < -0.39 is 23.7 Å². The molecule has 1 unspecified atom stereocenters. The van der Waals surface area contributed by atoms with Crippen molar-refractivity contribution < 1.29 is 22.7 Å². The summed E-state index contributed by atoms with van der Waals surface area (Å²) in [5.74, 6) is -0.936. The Bertz CT molecular complexity index is 1140. The van der Waals surface area contributed by atoms with Gasteiger partial charge in [-0.2, -0.15) is 18.3 Å². The third kappa shape index (κ3) is 3.60. The molecule has 31 heavy (non-hydrogen) atoms. The number of rotatable bonds is 4. The number of alkyl halides is 3. The molecule has 1 aliphatic rings. The van der Waals surface area contributed by atoms with E-state index >= 15 is 0 Å². The van der Waals surface area contributed by atoms with Gasteiger partial charge in [-0.25, -0.2) is 0 Å². The monoisotopic (exact) mass is 429 g/mol. The Labute approximate surface area is 175 Å². The molecule has 4 rings (SSSR count). The molecule has 4 N–H and O–H groups in total. The van der Waals surface area contributed by atoms with Gasteiger partial charge in [0.25, 0.3) is 5.91 Å². The number of nitrogens with two attached hydrogens (primary N) is 1. The lowest BCUT2D eigenvalue weighted by molar-refractivity contribution is -0.141. The van der Waals surface area contributed by atoms with Crippen LogP contribution in [0.5, 0.6) is 5.75 Å². The molecule has 0 aliphatic carbocycles. The van der Waals surface area contributed by atoms with E-state index in [1.807, 2.05) is 0 Å². The summed E-state index contributed by atoms with van der Waals surface area (Å²) in [7, 11) is 1.50. The Morgan fingerprint density at radius 2 is 1.84 bits per heavy atom. The summed E-state index contributed by atoms with van der Waals surface area (Å²) in [6, 6.07) is 13.0. The zero-order valence-corrected chi connectivity index (χ0v) is 16.3.